The number of hydrogen-bond acceptors (Lipinski definition) is 5. The number of methoxy groups -OCH3 is 2. The molecule has 2 heterocycles. The zero-order valence-electron chi connectivity index (χ0n) is 15.8. The molecule has 0 atom stereocenters. The summed E-state index contributed by atoms with van der Waals surface area (Å²) in [7, 11) is 3.18. The molecular weight excluding hydrogens is 342 g/mol. The van der Waals surface area contributed by atoms with Crippen molar-refractivity contribution in [2.75, 3.05) is 37.5 Å². The number of ether oxygens (including phenoxy) is 2. The van der Waals surface area contributed by atoms with Crippen LogP contribution in [0.1, 0.15) is 24.8 Å². The Balaban J connectivity index is 1.61. The van der Waals surface area contributed by atoms with Crippen molar-refractivity contribution in [1.29, 1.82) is 0 Å². The molecule has 1 aromatic carbocycles. The number of anilines is 2. The van der Waals surface area contributed by atoms with E-state index in [0.29, 0.717) is 17.3 Å². The third kappa shape index (κ3) is 5.00. The van der Waals surface area contributed by atoms with Gasteiger partial charge >= 0.3 is 0 Å². The van der Waals surface area contributed by atoms with Crippen LogP contribution in [0.3, 0.4) is 0 Å². The molecular formula is C21H25N3O3. The Hall–Kier alpha value is -3.02. The minimum Gasteiger partial charge on any atom is -0.497 e. The summed E-state index contributed by atoms with van der Waals surface area (Å²) >= 11 is 0. The van der Waals surface area contributed by atoms with Crippen molar-refractivity contribution in [2.24, 2.45) is 0 Å². The summed E-state index contributed by atoms with van der Waals surface area (Å²) in [6, 6.07) is 9.28. The van der Waals surface area contributed by atoms with Crippen molar-refractivity contribution in [1.82, 2.24) is 4.98 Å². The van der Waals surface area contributed by atoms with Crippen LogP contribution in [-0.4, -0.2) is 38.2 Å². The van der Waals surface area contributed by atoms with E-state index in [2.05, 4.69) is 15.2 Å². The molecule has 142 valence electrons. The number of rotatable bonds is 6. The first-order valence-electron chi connectivity index (χ1n) is 9.11. The minimum absolute atomic E-state index is 0.244. The van der Waals surface area contributed by atoms with Crippen LogP contribution >= 0.6 is 0 Å². The quantitative estimate of drug-likeness (QED) is 0.788. The number of piperidine rings is 1. The lowest BCUT2D eigenvalue weighted by Gasteiger charge is -2.28. The summed E-state index contributed by atoms with van der Waals surface area (Å²) < 4.78 is 10.5. The van der Waals surface area contributed by atoms with Crippen LogP contribution in [0.4, 0.5) is 11.5 Å². The van der Waals surface area contributed by atoms with E-state index in [1.165, 1.54) is 25.3 Å². The first-order chi connectivity index (χ1) is 13.2. The van der Waals surface area contributed by atoms with Gasteiger partial charge in [-0.05, 0) is 49.6 Å². The predicted octanol–water partition coefficient (Wildman–Crippen LogP) is 3.74. The van der Waals surface area contributed by atoms with Gasteiger partial charge in [0.05, 0.1) is 26.1 Å². The van der Waals surface area contributed by atoms with E-state index in [1.54, 1.807) is 26.4 Å². The lowest BCUT2D eigenvalue weighted by atomic mass is 10.1. The van der Waals surface area contributed by atoms with Gasteiger partial charge in [0, 0.05) is 30.8 Å². The Morgan fingerprint density at radius 2 is 1.93 bits per heavy atom. The number of carbonyl (C=O) groups is 1. The summed E-state index contributed by atoms with van der Waals surface area (Å²) in [6.07, 6.45) is 8.72. The molecule has 0 bridgehead atoms. The fourth-order valence-electron chi connectivity index (χ4n) is 3.09. The molecule has 0 unspecified atom stereocenters. The van der Waals surface area contributed by atoms with Crippen molar-refractivity contribution >= 4 is 23.5 Å². The van der Waals surface area contributed by atoms with E-state index < -0.39 is 0 Å². The van der Waals surface area contributed by atoms with Crippen molar-refractivity contribution < 1.29 is 14.3 Å². The minimum atomic E-state index is -0.244. The SMILES string of the molecule is COc1ccc(/C=C/C(=O)Nc2ccc(N3CCCCC3)cn2)c(OC)c1. The highest BCUT2D eigenvalue weighted by atomic mass is 16.5. The van der Waals surface area contributed by atoms with Crippen LogP contribution < -0.4 is 19.7 Å². The molecule has 1 aliphatic rings. The Morgan fingerprint density at radius 1 is 1.11 bits per heavy atom. The van der Waals surface area contributed by atoms with Crippen molar-refractivity contribution in [3.05, 3.63) is 48.2 Å². The Labute approximate surface area is 159 Å². The summed E-state index contributed by atoms with van der Waals surface area (Å²) in [5.74, 6) is 1.63. The highest BCUT2D eigenvalue weighted by Crippen LogP contribution is 2.25. The smallest absolute Gasteiger partial charge is 0.249 e. The lowest BCUT2D eigenvalue weighted by molar-refractivity contribution is -0.111. The second-order valence-corrected chi connectivity index (χ2v) is 6.38. The predicted molar refractivity (Wildman–Crippen MR) is 108 cm³/mol. The molecule has 0 saturated carbocycles. The fourth-order valence-corrected chi connectivity index (χ4v) is 3.09. The fraction of sp³-hybridized carbons (Fsp3) is 0.333. The zero-order chi connectivity index (χ0) is 19.1. The first-order valence-corrected chi connectivity index (χ1v) is 9.11. The summed E-state index contributed by atoms with van der Waals surface area (Å²) in [5.41, 5.74) is 1.90. The third-order valence-electron chi connectivity index (χ3n) is 4.58. The number of aromatic nitrogens is 1. The Morgan fingerprint density at radius 3 is 2.59 bits per heavy atom. The number of carbonyl (C=O) groups excluding carboxylic acids is 1. The van der Waals surface area contributed by atoms with Crippen LogP contribution in [0, 0.1) is 0 Å². The lowest BCUT2D eigenvalue weighted by Crippen LogP contribution is -2.29. The van der Waals surface area contributed by atoms with Gasteiger partial charge in [0.1, 0.15) is 17.3 Å². The maximum atomic E-state index is 12.2. The summed E-state index contributed by atoms with van der Waals surface area (Å²) in [4.78, 5) is 18.9. The highest BCUT2D eigenvalue weighted by molar-refractivity contribution is 6.01. The Kier molecular flexibility index (Phi) is 6.30. The van der Waals surface area contributed by atoms with E-state index in [0.717, 1.165) is 24.3 Å². The monoisotopic (exact) mass is 367 g/mol. The zero-order valence-corrected chi connectivity index (χ0v) is 15.8. The normalized spacial score (nSPS) is 14.2. The van der Waals surface area contributed by atoms with E-state index in [9.17, 15) is 4.79 Å². The maximum Gasteiger partial charge on any atom is 0.249 e. The average molecular weight is 367 g/mol. The molecule has 0 spiro atoms. The average Bonchev–Trinajstić information content (AvgIpc) is 2.73. The summed E-state index contributed by atoms with van der Waals surface area (Å²) in [6.45, 7) is 2.14. The maximum absolute atomic E-state index is 12.2. The van der Waals surface area contributed by atoms with Gasteiger partial charge in [0.15, 0.2) is 0 Å². The summed E-state index contributed by atoms with van der Waals surface area (Å²) in [5, 5.41) is 2.78. The topological polar surface area (TPSA) is 63.7 Å². The second kappa shape index (κ2) is 9.07. The molecule has 1 aliphatic heterocycles. The van der Waals surface area contributed by atoms with Gasteiger partial charge in [-0.3, -0.25) is 4.79 Å². The van der Waals surface area contributed by atoms with E-state index in [-0.39, 0.29) is 5.91 Å². The van der Waals surface area contributed by atoms with Crippen LogP contribution in [0.5, 0.6) is 11.5 Å². The van der Waals surface area contributed by atoms with Crippen LogP contribution in [0.15, 0.2) is 42.6 Å². The molecule has 1 saturated heterocycles. The molecule has 2 aromatic rings. The van der Waals surface area contributed by atoms with Gasteiger partial charge in [-0.2, -0.15) is 0 Å². The number of pyridine rings is 1. The van der Waals surface area contributed by atoms with Gasteiger partial charge in [-0.25, -0.2) is 4.98 Å². The molecule has 0 aliphatic carbocycles. The highest BCUT2D eigenvalue weighted by Gasteiger charge is 2.11. The molecule has 27 heavy (non-hydrogen) atoms. The standard InChI is InChI=1S/C21H25N3O3/c1-26-18-9-6-16(19(14-18)27-2)7-11-21(25)23-20-10-8-17(15-22-20)24-12-4-3-5-13-24/h6-11,14-15H,3-5,12-13H2,1-2H3,(H,22,23,25)/b11-7+. The third-order valence-corrected chi connectivity index (χ3v) is 4.58. The van der Waals surface area contributed by atoms with Gasteiger partial charge in [-0.15, -0.1) is 0 Å². The molecule has 1 fully saturated rings. The number of nitrogens with zero attached hydrogens (tertiary/aromatic N) is 2. The van der Waals surface area contributed by atoms with Crippen LogP contribution in [0.25, 0.3) is 6.08 Å². The van der Waals surface area contributed by atoms with Gasteiger partial charge in [-0.1, -0.05) is 0 Å². The first kappa shape index (κ1) is 18.8. The van der Waals surface area contributed by atoms with E-state index in [4.69, 9.17) is 9.47 Å². The van der Waals surface area contributed by atoms with Crippen LogP contribution in [-0.2, 0) is 4.79 Å². The van der Waals surface area contributed by atoms with Crippen molar-refractivity contribution in [3.8, 4) is 11.5 Å². The van der Waals surface area contributed by atoms with Crippen molar-refractivity contribution in [2.45, 2.75) is 19.3 Å². The number of hydrogen-bond donors (Lipinski definition) is 1. The van der Waals surface area contributed by atoms with E-state index >= 15 is 0 Å². The largest absolute Gasteiger partial charge is 0.497 e. The molecule has 6 nitrogen and oxygen atoms in total. The molecule has 1 N–H and O–H groups in total. The van der Waals surface area contributed by atoms with Gasteiger partial charge in [0.25, 0.3) is 0 Å². The second-order valence-electron chi connectivity index (χ2n) is 6.38. The van der Waals surface area contributed by atoms with E-state index in [1.807, 2.05) is 30.5 Å². The Bertz CT molecular complexity index is 797. The van der Waals surface area contributed by atoms with Gasteiger partial charge < -0.3 is 19.7 Å². The number of benzene rings is 1. The molecule has 0 radical (unpaired) electrons. The molecule has 3 rings (SSSR count). The molecule has 6 heteroatoms. The van der Waals surface area contributed by atoms with Crippen LogP contribution in [0.2, 0.25) is 0 Å². The number of nitrogens with one attached hydrogen (secondary N) is 1. The van der Waals surface area contributed by atoms with Crippen molar-refractivity contribution in [3.63, 3.8) is 0 Å². The number of amides is 1. The molecule has 1 aromatic heterocycles. The van der Waals surface area contributed by atoms with Gasteiger partial charge in [0.2, 0.25) is 5.91 Å². The molecule has 1 amide bonds.